The summed E-state index contributed by atoms with van der Waals surface area (Å²) in [7, 11) is 0. The van der Waals surface area contributed by atoms with Crippen LogP contribution >= 0.6 is 0 Å². The molecule has 1 unspecified atom stereocenters. The van der Waals surface area contributed by atoms with Crippen LogP contribution in [0.15, 0.2) is 12.4 Å². The summed E-state index contributed by atoms with van der Waals surface area (Å²) in [6.07, 6.45) is 9.56. The maximum absolute atomic E-state index is 4.34. The van der Waals surface area contributed by atoms with Gasteiger partial charge < -0.3 is 5.32 Å². The van der Waals surface area contributed by atoms with Gasteiger partial charge in [0, 0.05) is 18.8 Å². The van der Waals surface area contributed by atoms with Gasteiger partial charge in [-0.2, -0.15) is 5.10 Å². The van der Waals surface area contributed by atoms with Gasteiger partial charge in [0.1, 0.15) is 0 Å². The van der Waals surface area contributed by atoms with Crippen LogP contribution in [0.25, 0.3) is 0 Å². The topological polar surface area (TPSA) is 29.9 Å². The van der Waals surface area contributed by atoms with Crippen LogP contribution in [-0.2, 0) is 13.0 Å². The molecule has 0 aliphatic heterocycles. The van der Waals surface area contributed by atoms with E-state index in [1.165, 1.54) is 24.8 Å². The van der Waals surface area contributed by atoms with Gasteiger partial charge in [0.05, 0.1) is 6.20 Å². The lowest BCUT2D eigenvalue weighted by Gasteiger charge is -2.34. The molecule has 0 amide bonds. The van der Waals surface area contributed by atoms with E-state index in [0.29, 0.717) is 6.04 Å². The van der Waals surface area contributed by atoms with Gasteiger partial charge in [-0.1, -0.05) is 13.3 Å². The van der Waals surface area contributed by atoms with Gasteiger partial charge >= 0.3 is 0 Å². The van der Waals surface area contributed by atoms with Crippen molar-refractivity contribution in [2.45, 2.75) is 52.1 Å². The molecule has 16 heavy (non-hydrogen) atoms. The zero-order valence-corrected chi connectivity index (χ0v) is 10.4. The van der Waals surface area contributed by atoms with Crippen molar-refractivity contribution >= 4 is 0 Å². The van der Waals surface area contributed by atoms with Crippen LogP contribution in [0, 0.1) is 5.92 Å². The minimum atomic E-state index is 0.660. The molecule has 90 valence electrons. The predicted octanol–water partition coefficient (Wildman–Crippen LogP) is 2.22. The summed E-state index contributed by atoms with van der Waals surface area (Å²) in [5.41, 5.74) is 1.37. The van der Waals surface area contributed by atoms with Gasteiger partial charge in [0.15, 0.2) is 0 Å². The Morgan fingerprint density at radius 2 is 2.31 bits per heavy atom. The highest BCUT2D eigenvalue weighted by Crippen LogP contribution is 2.31. The Morgan fingerprint density at radius 3 is 2.81 bits per heavy atom. The highest BCUT2D eigenvalue weighted by molar-refractivity contribution is 5.07. The largest absolute Gasteiger partial charge is 0.314 e. The molecule has 1 aromatic rings. The highest BCUT2D eigenvalue weighted by atomic mass is 15.3. The molecule has 1 aromatic heterocycles. The number of hydrogen-bond donors (Lipinski definition) is 1. The van der Waals surface area contributed by atoms with Crippen molar-refractivity contribution in [2.75, 3.05) is 6.54 Å². The van der Waals surface area contributed by atoms with Crippen LogP contribution in [0.3, 0.4) is 0 Å². The lowest BCUT2D eigenvalue weighted by Crippen LogP contribution is -2.40. The normalized spacial score (nSPS) is 18.4. The summed E-state index contributed by atoms with van der Waals surface area (Å²) in [4.78, 5) is 0. The van der Waals surface area contributed by atoms with E-state index in [9.17, 15) is 0 Å². The molecule has 1 fully saturated rings. The Bertz CT molecular complexity index is 315. The van der Waals surface area contributed by atoms with Crippen molar-refractivity contribution < 1.29 is 0 Å². The summed E-state index contributed by atoms with van der Waals surface area (Å²) < 4.78 is 2.01. The monoisotopic (exact) mass is 221 g/mol. The van der Waals surface area contributed by atoms with Crippen molar-refractivity contribution in [2.24, 2.45) is 5.92 Å². The maximum atomic E-state index is 4.34. The molecular weight excluding hydrogens is 198 g/mol. The van der Waals surface area contributed by atoms with E-state index in [2.05, 4.69) is 30.5 Å². The van der Waals surface area contributed by atoms with Crippen molar-refractivity contribution in [3.8, 4) is 0 Å². The number of hydrogen-bond acceptors (Lipinski definition) is 2. The summed E-state index contributed by atoms with van der Waals surface area (Å²) in [6.45, 7) is 6.37. The molecule has 0 radical (unpaired) electrons. The summed E-state index contributed by atoms with van der Waals surface area (Å²) in [5.74, 6) is 0.893. The average Bonchev–Trinajstić information content (AvgIpc) is 2.63. The van der Waals surface area contributed by atoms with Gasteiger partial charge in [0.2, 0.25) is 0 Å². The Hall–Kier alpha value is -0.830. The van der Waals surface area contributed by atoms with Crippen LogP contribution in [0.1, 0.15) is 38.7 Å². The molecule has 0 bridgehead atoms. The van der Waals surface area contributed by atoms with E-state index in [1.54, 1.807) is 0 Å². The third-order valence-corrected chi connectivity index (χ3v) is 3.65. The average molecular weight is 221 g/mol. The fraction of sp³-hybridized carbons (Fsp3) is 0.769. The molecule has 0 aromatic carbocycles. The minimum Gasteiger partial charge on any atom is -0.314 e. The summed E-state index contributed by atoms with van der Waals surface area (Å²) in [5, 5.41) is 7.96. The first kappa shape index (κ1) is 11.6. The number of aryl methyl sites for hydroxylation is 1. The van der Waals surface area contributed by atoms with Crippen molar-refractivity contribution in [3.05, 3.63) is 18.0 Å². The van der Waals surface area contributed by atoms with Gasteiger partial charge in [-0.3, -0.25) is 4.68 Å². The SMILES string of the molecule is CCNC(Cc1cnn(CC)c1)C1CCC1. The summed E-state index contributed by atoms with van der Waals surface area (Å²) in [6, 6.07) is 0.660. The van der Waals surface area contributed by atoms with Gasteiger partial charge in [0.25, 0.3) is 0 Å². The maximum Gasteiger partial charge on any atom is 0.0522 e. The quantitative estimate of drug-likeness (QED) is 0.798. The van der Waals surface area contributed by atoms with Crippen molar-refractivity contribution in [1.29, 1.82) is 0 Å². The van der Waals surface area contributed by atoms with Crippen LogP contribution in [0.5, 0.6) is 0 Å². The van der Waals surface area contributed by atoms with Crippen LogP contribution in [-0.4, -0.2) is 22.4 Å². The molecule has 2 rings (SSSR count). The molecule has 1 heterocycles. The molecule has 3 heteroatoms. The van der Waals surface area contributed by atoms with Gasteiger partial charge in [-0.05, 0) is 44.2 Å². The lowest BCUT2D eigenvalue weighted by atomic mass is 9.78. The Labute approximate surface area is 98.2 Å². The molecule has 1 aliphatic carbocycles. The third kappa shape index (κ3) is 2.64. The van der Waals surface area contributed by atoms with E-state index in [4.69, 9.17) is 0 Å². The second kappa shape index (κ2) is 5.48. The van der Waals surface area contributed by atoms with Gasteiger partial charge in [-0.15, -0.1) is 0 Å². The first-order valence-electron chi connectivity index (χ1n) is 6.58. The molecule has 3 nitrogen and oxygen atoms in total. The summed E-state index contributed by atoms with van der Waals surface area (Å²) >= 11 is 0. The van der Waals surface area contributed by atoms with Crippen molar-refractivity contribution in [1.82, 2.24) is 15.1 Å². The molecular formula is C13H23N3. The van der Waals surface area contributed by atoms with Crippen LogP contribution in [0.2, 0.25) is 0 Å². The molecule has 1 N–H and O–H groups in total. The second-order valence-corrected chi connectivity index (χ2v) is 4.76. The number of nitrogens with one attached hydrogen (secondary N) is 1. The number of nitrogens with zero attached hydrogens (tertiary/aromatic N) is 2. The zero-order chi connectivity index (χ0) is 11.4. The smallest absolute Gasteiger partial charge is 0.0522 e. The van der Waals surface area contributed by atoms with Gasteiger partial charge in [-0.25, -0.2) is 0 Å². The number of rotatable bonds is 6. The Balaban J connectivity index is 1.93. The fourth-order valence-electron chi connectivity index (χ4n) is 2.45. The van der Waals surface area contributed by atoms with Crippen LogP contribution in [0.4, 0.5) is 0 Å². The Morgan fingerprint density at radius 1 is 1.50 bits per heavy atom. The predicted molar refractivity (Wildman–Crippen MR) is 66.4 cm³/mol. The van der Waals surface area contributed by atoms with Crippen LogP contribution < -0.4 is 5.32 Å². The fourth-order valence-corrected chi connectivity index (χ4v) is 2.45. The molecule has 1 aliphatic rings. The first-order valence-corrected chi connectivity index (χ1v) is 6.58. The van der Waals surface area contributed by atoms with E-state index in [1.807, 2.05) is 10.9 Å². The molecule has 1 atom stereocenters. The standard InChI is InChI=1S/C13H23N3/c1-3-14-13(12-6-5-7-12)8-11-9-15-16(4-2)10-11/h9-10,12-14H,3-8H2,1-2H3. The van der Waals surface area contributed by atoms with E-state index in [0.717, 1.165) is 25.4 Å². The first-order chi connectivity index (χ1) is 7.83. The van der Waals surface area contributed by atoms with E-state index < -0.39 is 0 Å². The number of likely N-dealkylation sites (N-methyl/N-ethyl adjacent to an activating group) is 1. The lowest BCUT2D eigenvalue weighted by molar-refractivity contribution is 0.229. The highest BCUT2D eigenvalue weighted by Gasteiger charge is 2.26. The molecule has 1 saturated carbocycles. The zero-order valence-electron chi connectivity index (χ0n) is 10.4. The van der Waals surface area contributed by atoms with E-state index in [-0.39, 0.29) is 0 Å². The number of aromatic nitrogens is 2. The third-order valence-electron chi connectivity index (χ3n) is 3.65. The Kier molecular flexibility index (Phi) is 3.99. The van der Waals surface area contributed by atoms with E-state index >= 15 is 0 Å². The minimum absolute atomic E-state index is 0.660. The molecule has 0 spiro atoms. The van der Waals surface area contributed by atoms with Crippen molar-refractivity contribution in [3.63, 3.8) is 0 Å². The molecule has 0 saturated heterocycles. The second-order valence-electron chi connectivity index (χ2n) is 4.76.